The zero-order valence-electron chi connectivity index (χ0n) is 10.9. The van der Waals surface area contributed by atoms with Gasteiger partial charge in [-0.25, -0.2) is 0 Å². The van der Waals surface area contributed by atoms with E-state index in [0.29, 0.717) is 6.67 Å². The predicted molar refractivity (Wildman–Crippen MR) is 65.1 cm³/mol. The monoisotopic (exact) mass is 246 g/mol. The van der Waals surface area contributed by atoms with Crippen molar-refractivity contribution < 1.29 is 0 Å². The van der Waals surface area contributed by atoms with Crippen LogP contribution in [0, 0.1) is 34.1 Å². The fourth-order valence-corrected chi connectivity index (χ4v) is 2.51. The van der Waals surface area contributed by atoms with Gasteiger partial charge in [0, 0.05) is 0 Å². The number of nitrogens with zero attached hydrogens (tertiary/aromatic N) is 6. The minimum atomic E-state index is -0.0467. The van der Waals surface area contributed by atoms with Gasteiger partial charge >= 0.3 is 0 Å². The van der Waals surface area contributed by atoms with E-state index in [1.807, 2.05) is 23.6 Å². The predicted octanol–water partition coefficient (Wildman–Crippen LogP) is 0.864. The maximum atomic E-state index is 9.32. The molecule has 0 aromatic carbocycles. The average molecular weight is 246 g/mol. The fraction of sp³-hybridized carbons (Fsp3) is 0.750. The number of nitriles is 3. The molecule has 0 radical (unpaired) electrons. The van der Waals surface area contributed by atoms with Crippen LogP contribution >= 0.6 is 0 Å². The largest absolute Gasteiger partial charge is 0.277 e. The molecule has 0 aromatic heterocycles. The highest BCUT2D eigenvalue weighted by atomic mass is 15.5. The van der Waals surface area contributed by atoms with Crippen LogP contribution in [0.15, 0.2) is 0 Å². The van der Waals surface area contributed by atoms with E-state index in [4.69, 9.17) is 10.5 Å². The van der Waals surface area contributed by atoms with Gasteiger partial charge in [0.15, 0.2) is 6.19 Å². The molecule has 0 N–H and O–H groups in total. The summed E-state index contributed by atoms with van der Waals surface area (Å²) in [6.45, 7) is 5.12. The molecule has 18 heavy (non-hydrogen) atoms. The standard InChI is InChI=1S/C12H18N6/c1-3-11-16(7-5-13)10-17(8-6-14)12(4-2)18(11)9-15/h11-12H,3-4,7-8,10H2,1-2H3. The first-order valence-electron chi connectivity index (χ1n) is 6.13. The minimum absolute atomic E-state index is 0.0467. The van der Waals surface area contributed by atoms with Crippen molar-refractivity contribution in [2.24, 2.45) is 0 Å². The van der Waals surface area contributed by atoms with Gasteiger partial charge < -0.3 is 0 Å². The van der Waals surface area contributed by atoms with Crippen LogP contribution in [0.25, 0.3) is 0 Å². The third-order valence-electron chi connectivity index (χ3n) is 3.24. The van der Waals surface area contributed by atoms with E-state index in [1.54, 1.807) is 4.90 Å². The van der Waals surface area contributed by atoms with Crippen molar-refractivity contribution in [1.29, 1.82) is 15.8 Å². The lowest BCUT2D eigenvalue weighted by molar-refractivity contribution is -0.0953. The minimum Gasteiger partial charge on any atom is -0.277 e. The van der Waals surface area contributed by atoms with Crippen molar-refractivity contribution in [3.8, 4) is 18.3 Å². The Balaban J connectivity index is 2.98. The fourth-order valence-electron chi connectivity index (χ4n) is 2.51. The summed E-state index contributed by atoms with van der Waals surface area (Å²) in [5, 5.41) is 27.0. The summed E-state index contributed by atoms with van der Waals surface area (Å²) < 4.78 is 0. The van der Waals surface area contributed by atoms with Crippen molar-refractivity contribution in [1.82, 2.24) is 14.7 Å². The average Bonchev–Trinajstić information content (AvgIpc) is 2.38. The van der Waals surface area contributed by atoms with E-state index in [2.05, 4.69) is 18.3 Å². The van der Waals surface area contributed by atoms with Crippen molar-refractivity contribution in [3.63, 3.8) is 0 Å². The maximum absolute atomic E-state index is 9.32. The third kappa shape index (κ3) is 2.71. The van der Waals surface area contributed by atoms with E-state index in [0.717, 1.165) is 12.8 Å². The molecule has 0 aromatic rings. The van der Waals surface area contributed by atoms with E-state index in [-0.39, 0.29) is 25.4 Å². The summed E-state index contributed by atoms with van der Waals surface area (Å²) in [5.74, 6) is 0. The van der Waals surface area contributed by atoms with Gasteiger partial charge in [0.25, 0.3) is 0 Å². The molecular formula is C12H18N6. The number of hydrogen-bond donors (Lipinski definition) is 0. The van der Waals surface area contributed by atoms with Crippen molar-refractivity contribution in [2.45, 2.75) is 39.0 Å². The normalized spacial score (nSPS) is 25.2. The molecule has 1 saturated heterocycles. The van der Waals surface area contributed by atoms with Gasteiger partial charge in [-0.05, 0) is 12.8 Å². The summed E-state index contributed by atoms with van der Waals surface area (Å²) >= 11 is 0. The lowest BCUT2D eigenvalue weighted by Gasteiger charge is -2.49. The zero-order valence-corrected chi connectivity index (χ0v) is 10.9. The molecule has 1 heterocycles. The molecule has 1 aliphatic heterocycles. The van der Waals surface area contributed by atoms with Crippen molar-refractivity contribution in [2.75, 3.05) is 19.8 Å². The van der Waals surface area contributed by atoms with Gasteiger partial charge in [0.1, 0.15) is 0 Å². The second-order valence-corrected chi connectivity index (χ2v) is 4.24. The Bertz CT molecular complexity index is 357. The van der Waals surface area contributed by atoms with Crippen LogP contribution in [-0.2, 0) is 0 Å². The van der Waals surface area contributed by atoms with Crippen LogP contribution in [-0.4, -0.2) is 46.8 Å². The Morgan fingerprint density at radius 2 is 1.39 bits per heavy atom. The lowest BCUT2D eigenvalue weighted by Crippen LogP contribution is -2.64. The molecule has 6 nitrogen and oxygen atoms in total. The summed E-state index contributed by atoms with van der Waals surface area (Å²) in [4.78, 5) is 5.58. The maximum Gasteiger partial charge on any atom is 0.182 e. The SMILES string of the molecule is CCC1N(CC#N)CN(CC#N)C(CC)N1C#N. The topological polar surface area (TPSA) is 81.1 Å². The molecule has 0 bridgehead atoms. The Hall–Kier alpha value is -1.81. The number of rotatable bonds is 4. The molecular weight excluding hydrogens is 228 g/mol. The molecule has 0 amide bonds. The first-order valence-corrected chi connectivity index (χ1v) is 6.13. The zero-order chi connectivity index (χ0) is 13.5. The molecule has 0 aliphatic carbocycles. The van der Waals surface area contributed by atoms with Gasteiger partial charge in [-0.3, -0.25) is 14.7 Å². The highest BCUT2D eigenvalue weighted by molar-refractivity contribution is 4.96. The van der Waals surface area contributed by atoms with E-state index >= 15 is 0 Å². The summed E-state index contributed by atoms with van der Waals surface area (Å²) in [6, 6.07) is 4.24. The Morgan fingerprint density at radius 3 is 1.67 bits per heavy atom. The molecule has 6 heteroatoms. The summed E-state index contributed by atoms with van der Waals surface area (Å²) in [6.07, 6.45) is 3.69. The van der Waals surface area contributed by atoms with Crippen LogP contribution in [0.2, 0.25) is 0 Å². The van der Waals surface area contributed by atoms with E-state index in [1.165, 1.54) is 0 Å². The molecule has 0 saturated carbocycles. The van der Waals surface area contributed by atoms with Crippen LogP contribution in [0.1, 0.15) is 26.7 Å². The second-order valence-electron chi connectivity index (χ2n) is 4.24. The highest BCUT2D eigenvalue weighted by Crippen LogP contribution is 2.23. The molecule has 1 fully saturated rings. The lowest BCUT2D eigenvalue weighted by atomic mass is 10.2. The molecule has 0 spiro atoms. The molecule has 1 aliphatic rings. The van der Waals surface area contributed by atoms with Gasteiger partial charge in [-0.2, -0.15) is 15.8 Å². The van der Waals surface area contributed by atoms with Gasteiger partial charge in [-0.1, -0.05) is 13.8 Å². The molecule has 96 valence electrons. The van der Waals surface area contributed by atoms with Gasteiger partial charge in [0.2, 0.25) is 0 Å². The first kappa shape index (κ1) is 14.3. The Labute approximate surface area is 108 Å². The van der Waals surface area contributed by atoms with Crippen LogP contribution in [0.5, 0.6) is 0 Å². The smallest absolute Gasteiger partial charge is 0.182 e. The molecule has 2 unspecified atom stereocenters. The Kier molecular flexibility index (Phi) is 5.39. The molecule has 2 atom stereocenters. The van der Waals surface area contributed by atoms with Crippen molar-refractivity contribution >= 4 is 0 Å². The Morgan fingerprint density at radius 1 is 0.944 bits per heavy atom. The van der Waals surface area contributed by atoms with Crippen molar-refractivity contribution in [3.05, 3.63) is 0 Å². The highest BCUT2D eigenvalue weighted by Gasteiger charge is 2.37. The van der Waals surface area contributed by atoms with E-state index in [9.17, 15) is 5.26 Å². The number of hydrogen-bond acceptors (Lipinski definition) is 6. The van der Waals surface area contributed by atoms with E-state index < -0.39 is 0 Å². The summed E-state index contributed by atoms with van der Waals surface area (Å²) in [7, 11) is 0. The van der Waals surface area contributed by atoms with Crippen LogP contribution < -0.4 is 0 Å². The van der Waals surface area contributed by atoms with Crippen LogP contribution in [0.4, 0.5) is 0 Å². The van der Waals surface area contributed by atoms with Crippen LogP contribution in [0.3, 0.4) is 0 Å². The molecule has 1 rings (SSSR count). The third-order valence-corrected chi connectivity index (χ3v) is 3.24. The quantitative estimate of drug-likeness (QED) is 0.540. The summed E-state index contributed by atoms with van der Waals surface area (Å²) in [5.41, 5.74) is 0. The second kappa shape index (κ2) is 6.81. The van der Waals surface area contributed by atoms with Gasteiger partial charge in [0.05, 0.1) is 44.2 Å². The van der Waals surface area contributed by atoms with Gasteiger partial charge in [-0.15, -0.1) is 0 Å². The first-order chi connectivity index (χ1) is 8.73.